The molecule has 0 bridgehead atoms. The molecule has 0 amide bonds. The van der Waals surface area contributed by atoms with Crippen LogP contribution in [0.1, 0.15) is 67.4 Å². The summed E-state index contributed by atoms with van der Waals surface area (Å²) >= 11 is 4.58. The number of Topliss-reactive ketones (excluding diaryl/α,β-unsaturated/α-hetero) is 1. The van der Waals surface area contributed by atoms with E-state index in [2.05, 4.69) is 126 Å². The van der Waals surface area contributed by atoms with Crippen LogP contribution < -0.4 is 15.9 Å². The third-order valence-electron chi connectivity index (χ3n) is 7.91. The van der Waals surface area contributed by atoms with E-state index in [-0.39, 0.29) is 17.5 Å². The summed E-state index contributed by atoms with van der Waals surface area (Å²) in [4.78, 5) is 12.2. The minimum atomic E-state index is -3.04. The number of carbonyl (C=O) groups is 1. The summed E-state index contributed by atoms with van der Waals surface area (Å²) in [5.41, 5.74) is 2.52. The van der Waals surface area contributed by atoms with E-state index in [9.17, 15) is 9.90 Å². The number of benzene rings is 4. The van der Waals surface area contributed by atoms with E-state index in [4.69, 9.17) is 0 Å². The third kappa shape index (κ3) is 5.12. The fourth-order valence-electron chi connectivity index (χ4n) is 5.86. The number of hydrogen-bond acceptors (Lipinski definition) is 2. The van der Waals surface area contributed by atoms with Crippen molar-refractivity contribution in [2.24, 2.45) is 0 Å². The Labute approximate surface area is 235 Å². The number of phenols is 1. The molecule has 4 heteroatoms. The van der Waals surface area contributed by atoms with Gasteiger partial charge in [0.05, 0.1) is 0 Å². The summed E-state index contributed by atoms with van der Waals surface area (Å²) in [6, 6.07) is 36.6. The Morgan fingerprint density at radius 3 is 1.66 bits per heavy atom. The maximum atomic E-state index is 12.2. The molecule has 0 fully saturated rings. The van der Waals surface area contributed by atoms with Crippen LogP contribution in [-0.2, 0) is 6.42 Å². The molecule has 0 spiro atoms. The van der Waals surface area contributed by atoms with Crippen molar-refractivity contribution in [3.8, 4) is 5.75 Å². The molecule has 0 aliphatic rings. The average Bonchev–Trinajstić information content (AvgIpc) is 2.96. The Balaban J connectivity index is 1.89. The van der Waals surface area contributed by atoms with Crippen LogP contribution in [0.4, 0.5) is 0 Å². The summed E-state index contributed by atoms with van der Waals surface area (Å²) in [5.74, 6) is 0.321. The van der Waals surface area contributed by atoms with Gasteiger partial charge in [0.1, 0.15) is 0 Å². The minimum absolute atomic E-state index is 0.0953. The summed E-state index contributed by atoms with van der Waals surface area (Å²) < 4.78 is 0. The molecule has 0 aliphatic carbocycles. The Morgan fingerprint density at radius 1 is 0.789 bits per heavy atom. The van der Waals surface area contributed by atoms with Crippen molar-refractivity contribution in [3.63, 3.8) is 0 Å². The van der Waals surface area contributed by atoms with Crippen LogP contribution in [0, 0.1) is 0 Å². The Bertz CT molecular complexity index is 1270. The fraction of sp³-hybridized carbons (Fsp3) is 0.265. The van der Waals surface area contributed by atoms with Crippen molar-refractivity contribution in [2.45, 2.75) is 52.4 Å². The van der Waals surface area contributed by atoms with Crippen LogP contribution in [0.25, 0.3) is 0 Å². The number of phenolic OH excluding ortho intramolecular Hbond substituents is 1. The quantitative estimate of drug-likeness (QED) is 0.141. The molecule has 0 aromatic heterocycles. The standard InChI is InChI=1S/C34H38BrO2P/c1-4-15-33-32(23-22-31(26(3)36)34(33)37)27(5-2)24-25-38(35,28-16-9-6-10-17-28,29-18-11-7-12-19-29)30-20-13-8-14-21-30/h6-14,16-23,27,37H,4-5,15,24-25H2,1-3H3. The fourth-order valence-corrected chi connectivity index (χ4v) is 13.4. The molecule has 0 heterocycles. The van der Waals surface area contributed by atoms with Gasteiger partial charge < -0.3 is 0 Å². The van der Waals surface area contributed by atoms with Crippen molar-refractivity contribution in [1.82, 2.24) is 0 Å². The summed E-state index contributed by atoms with van der Waals surface area (Å²) in [6.07, 6.45) is 4.49. The summed E-state index contributed by atoms with van der Waals surface area (Å²) in [7, 11) is 0. The Hall–Kier alpha value is -2.74. The van der Waals surface area contributed by atoms with Gasteiger partial charge in [0.2, 0.25) is 0 Å². The van der Waals surface area contributed by atoms with Gasteiger partial charge in [0.15, 0.2) is 0 Å². The van der Waals surface area contributed by atoms with E-state index in [0.717, 1.165) is 37.4 Å². The van der Waals surface area contributed by atoms with Crippen molar-refractivity contribution in [1.29, 1.82) is 0 Å². The van der Waals surface area contributed by atoms with Crippen LogP contribution >= 0.6 is 20.8 Å². The SMILES string of the molecule is CCCc1c(C(CC)CCP(Br)(c2ccccc2)(c2ccccc2)c2ccccc2)ccc(C(C)=O)c1O. The van der Waals surface area contributed by atoms with Crippen LogP contribution in [0.5, 0.6) is 5.75 Å². The van der Waals surface area contributed by atoms with Gasteiger partial charge in [-0.15, -0.1) is 0 Å². The molecule has 1 N–H and O–H groups in total. The molecule has 4 rings (SSSR count). The van der Waals surface area contributed by atoms with E-state index in [1.807, 2.05) is 6.07 Å². The van der Waals surface area contributed by atoms with Gasteiger partial charge in [-0.3, -0.25) is 0 Å². The zero-order chi connectivity index (χ0) is 27.2. The molecule has 1 unspecified atom stereocenters. The predicted octanol–water partition coefficient (Wildman–Crippen LogP) is 8.27. The second kappa shape index (κ2) is 12.0. The second-order valence-corrected chi connectivity index (χ2v) is 19.2. The molecule has 198 valence electrons. The number of aromatic hydroxyl groups is 1. The van der Waals surface area contributed by atoms with Gasteiger partial charge in [0.25, 0.3) is 0 Å². The van der Waals surface area contributed by atoms with Crippen molar-refractivity contribution < 1.29 is 9.90 Å². The van der Waals surface area contributed by atoms with Gasteiger partial charge in [-0.1, -0.05) is 0 Å². The second-order valence-electron chi connectivity index (χ2n) is 10.1. The first kappa shape index (κ1) is 28.3. The van der Waals surface area contributed by atoms with Gasteiger partial charge in [-0.2, -0.15) is 0 Å². The van der Waals surface area contributed by atoms with Crippen LogP contribution in [0.3, 0.4) is 0 Å². The molecule has 2 nitrogen and oxygen atoms in total. The van der Waals surface area contributed by atoms with Crippen molar-refractivity contribution >= 4 is 42.5 Å². The van der Waals surface area contributed by atoms with E-state index in [1.54, 1.807) is 0 Å². The normalized spacial score (nSPS) is 13.4. The summed E-state index contributed by atoms with van der Waals surface area (Å²) in [6.45, 7) is 5.87. The van der Waals surface area contributed by atoms with E-state index in [1.165, 1.54) is 28.4 Å². The van der Waals surface area contributed by atoms with Crippen LogP contribution in [0.2, 0.25) is 0 Å². The first-order valence-electron chi connectivity index (χ1n) is 13.6. The number of carbonyl (C=O) groups excluding carboxylic acids is 1. The molecule has 38 heavy (non-hydrogen) atoms. The number of halogens is 1. The van der Waals surface area contributed by atoms with E-state index >= 15 is 0 Å². The van der Waals surface area contributed by atoms with Gasteiger partial charge in [-0.05, 0) is 0 Å². The molecular formula is C34H38BrO2P. The monoisotopic (exact) mass is 588 g/mol. The zero-order valence-electron chi connectivity index (χ0n) is 22.6. The Morgan fingerprint density at radius 2 is 1.26 bits per heavy atom. The van der Waals surface area contributed by atoms with Gasteiger partial charge in [0, 0.05) is 0 Å². The summed E-state index contributed by atoms with van der Waals surface area (Å²) in [5, 5.41) is 12.0. The van der Waals surface area contributed by atoms with E-state index in [0.29, 0.717) is 5.56 Å². The third-order valence-corrected chi connectivity index (χ3v) is 17.9. The molecule has 0 saturated carbocycles. The number of rotatable bonds is 11. The predicted molar refractivity (Wildman–Crippen MR) is 169 cm³/mol. The molecule has 0 saturated heterocycles. The maximum absolute atomic E-state index is 12.2. The topological polar surface area (TPSA) is 37.3 Å². The average molecular weight is 590 g/mol. The van der Waals surface area contributed by atoms with Crippen molar-refractivity contribution in [2.75, 3.05) is 6.16 Å². The van der Waals surface area contributed by atoms with Gasteiger partial charge >= 0.3 is 236 Å². The number of ketones is 1. The van der Waals surface area contributed by atoms with Crippen LogP contribution in [0.15, 0.2) is 103 Å². The Kier molecular flexibility index (Phi) is 8.91. The molecule has 4 aromatic rings. The molecular weight excluding hydrogens is 551 g/mol. The number of hydrogen-bond donors (Lipinski definition) is 1. The van der Waals surface area contributed by atoms with E-state index < -0.39 is 5.31 Å². The van der Waals surface area contributed by atoms with Crippen LogP contribution in [-0.4, -0.2) is 17.1 Å². The molecule has 0 radical (unpaired) electrons. The molecule has 1 atom stereocenters. The first-order valence-corrected chi connectivity index (χ1v) is 18.0. The zero-order valence-corrected chi connectivity index (χ0v) is 25.1. The first-order chi connectivity index (χ1) is 18.3. The molecule has 0 aliphatic heterocycles. The van der Waals surface area contributed by atoms with Crippen molar-refractivity contribution in [3.05, 3.63) is 120 Å². The molecule has 4 aromatic carbocycles. The van der Waals surface area contributed by atoms with Gasteiger partial charge in [-0.25, -0.2) is 0 Å².